The number of aliphatic hydroxyl groups is 1. The van der Waals surface area contributed by atoms with Crippen molar-refractivity contribution >= 4 is 23.2 Å². The van der Waals surface area contributed by atoms with Crippen molar-refractivity contribution in [3.8, 4) is 0 Å². The molecule has 0 aromatic heterocycles. The minimum atomic E-state index is -4.62. The Kier molecular flexibility index (Phi) is 3.67. The smallest absolute Gasteiger partial charge is 0.417 e. The molecule has 0 saturated heterocycles. The summed E-state index contributed by atoms with van der Waals surface area (Å²) in [7, 11) is 0. The number of carbonyl (C=O) groups excluding carboxylic acids is 1. The molecule has 0 saturated carbocycles. The summed E-state index contributed by atoms with van der Waals surface area (Å²) in [6.07, 6.45) is -4.62. The molecule has 1 amide bonds. The Morgan fingerprint density at radius 2 is 2.00 bits per heavy atom. The molecule has 0 bridgehead atoms. The highest BCUT2D eigenvalue weighted by Crippen LogP contribution is 2.36. The van der Waals surface area contributed by atoms with Crippen molar-refractivity contribution in [3.63, 3.8) is 0 Å². The first-order chi connectivity index (χ1) is 7.71. The van der Waals surface area contributed by atoms with Gasteiger partial charge in [-0.1, -0.05) is 18.2 Å². The van der Waals surface area contributed by atoms with E-state index >= 15 is 0 Å². The average molecular weight is 266 g/mol. The van der Waals surface area contributed by atoms with Crippen molar-refractivity contribution in [2.75, 3.05) is 5.32 Å². The second-order valence-corrected chi connectivity index (χ2v) is 3.50. The molecule has 0 aliphatic rings. The number of aliphatic hydroxyl groups excluding tert-OH is 1. The topological polar surface area (TPSA) is 49.3 Å². The number of alkyl halides is 3. The van der Waals surface area contributed by atoms with E-state index in [9.17, 15) is 18.0 Å². The predicted molar refractivity (Wildman–Crippen MR) is 56.9 cm³/mol. The van der Waals surface area contributed by atoms with Crippen LogP contribution >= 0.6 is 11.6 Å². The molecule has 0 spiro atoms. The van der Waals surface area contributed by atoms with Gasteiger partial charge in [0.05, 0.1) is 10.6 Å². The highest BCUT2D eigenvalue weighted by atomic mass is 35.5. The maximum atomic E-state index is 12.5. The van der Waals surface area contributed by atoms with Crippen molar-refractivity contribution in [2.24, 2.45) is 0 Å². The third-order valence-corrected chi connectivity index (χ3v) is 2.12. The summed E-state index contributed by atoms with van der Waals surface area (Å²) in [6.45, 7) is 2.94. The van der Waals surface area contributed by atoms with Crippen LogP contribution in [0, 0.1) is 0 Å². The fourth-order valence-corrected chi connectivity index (χ4v) is 1.25. The van der Waals surface area contributed by atoms with E-state index in [2.05, 4.69) is 6.58 Å². The lowest BCUT2D eigenvalue weighted by atomic mass is 10.2. The van der Waals surface area contributed by atoms with Gasteiger partial charge in [-0.25, -0.2) is 0 Å². The highest BCUT2D eigenvalue weighted by molar-refractivity contribution is 6.31. The lowest BCUT2D eigenvalue weighted by molar-refractivity contribution is -0.137. The van der Waals surface area contributed by atoms with Gasteiger partial charge < -0.3 is 10.4 Å². The Bertz CT molecular complexity index is 471. The van der Waals surface area contributed by atoms with E-state index < -0.39 is 28.4 Å². The van der Waals surface area contributed by atoms with Gasteiger partial charge in [0.1, 0.15) is 0 Å². The Hall–Kier alpha value is -1.69. The van der Waals surface area contributed by atoms with Gasteiger partial charge in [0, 0.05) is 5.69 Å². The standard InChI is InChI=1S/C10H7ClF3NO2/c1-5(16)9(17)15-6-2-3-8(11)7(4-6)10(12,13)14/h2-4,16H,1H2,(H,15,17). The van der Waals surface area contributed by atoms with E-state index in [4.69, 9.17) is 16.7 Å². The van der Waals surface area contributed by atoms with Gasteiger partial charge in [-0.05, 0) is 18.2 Å². The van der Waals surface area contributed by atoms with E-state index in [1.807, 2.05) is 5.32 Å². The summed E-state index contributed by atoms with van der Waals surface area (Å²) >= 11 is 5.38. The molecule has 0 fully saturated rings. The van der Waals surface area contributed by atoms with E-state index in [-0.39, 0.29) is 5.69 Å². The number of nitrogens with one attached hydrogen (secondary N) is 1. The molecule has 1 aromatic rings. The third-order valence-electron chi connectivity index (χ3n) is 1.79. The molecular weight excluding hydrogens is 259 g/mol. The third kappa shape index (κ3) is 3.39. The fraction of sp³-hybridized carbons (Fsp3) is 0.100. The van der Waals surface area contributed by atoms with Crippen LogP contribution in [0.2, 0.25) is 5.02 Å². The van der Waals surface area contributed by atoms with Crippen LogP contribution in [-0.4, -0.2) is 11.0 Å². The van der Waals surface area contributed by atoms with E-state index in [0.717, 1.165) is 6.07 Å². The maximum absolute atomic E-state index is 12.5. The summed E-state index contributed by atoms with van der Waals surface area (Å²) in [6, 6.07) is 2.85. The monoisotopic (exact) mass is 265 g/mol. The van der Waals surface area contributed by atoms with Crippen molar-refractivity contribution in [1.82, 2.24) is 0 Å². The maximum Gasteiger partial charge on any atom is 0.417 e. The minimum Gasteiger partial charge on any atom is -0.503 e. The number of halogens is 4. The Morgan fingerprint density at radius 1 is 1.41 bits per heavy atom. The van der Waals surface area contributed by atoms with Crippen LogP contribution in [0.4, 0.5) is 18.9 Å². The number of carbonyl (C=O) groups is 1. The Labute approximate surface area is 99.5 Å². The lowest BCUT2D eigenvalue weighted by Gasteiger charge is -2.11. The first-order valence-corrected chi connectivity index (χ1v) is 4.65. The molecule has 2 N–H and O–H groups in total. The largest absolute Gasteiger partial charge is 0.503 e. The van der Waals surface area contributed by atoms with Crippen LogP contribution in [-0.2, 0) is 11.0 Å². The van der Waals surface area contributed by atoms with Crippen LogP contribution in [0.1, 0.15) is 5.56 Å². The molecule has 0 heterocycles. The lowest BCUT2D eigenvalue weighted by Crippen LogP contribution is -2.14. The quantitative estimate of drug-likeness (QED) is 0.636. The molecule has 17 heavy (non-hydrogen) atoms. The summed E-state index contributed by atoms with van der Waals surface area (Å²) < 4.78 is 37.4. The first-order valence-electron chi connectivity index (χ1n) is 4.28. The van der Waals surface area contributed by atoms with Gasteiger partial charge >= 0.3 is 6.18 Å². The van der Waals surface area contributed by atoms with Crippen LogP contribution in [0.25, 0.3) is 0 Å². The zero-order valence-corrected chi connectivity index (χ0v) is 9.06. The molecule has 7 heteroatoms. The SMILES string of the molecule is C=C(O)C(=O)Nc1ccc(Cl)c(C(F)(F)F)c1. The van der Waals surface area contributed by atoms with Gasteiger partial charge in [0.15, 0.2) is 5.76 Å². The zero-order valence-electron chi connectivity index (χ0n) is 8.31. The van der Waals surface area contributed by atoms with Crippen molar-refractivity contribution in [3.05, 3.63) is 41.1 Å². The molecule has 0 aliphatic carbocycles. The van der Waals surface area contributed by atoms with Gasteiger partial charge in [-0.15, -0.1) is 0 Å². The van der Waals surface area contributed by atoms with Crippen LogP contribution in [0.15, 0.2) is 30.5 Å². The fourth-order valence-electron chi connectivity index (χ4n) is 1.02. The molecule has 0 aliphatic heterocycles. The summed E-state index contributed by atoms with van der Waals surface area (Å²) in [5.74, 6) is -1.78. The van der Waals surface area contributed by atoms with Crippen molar-refractivity contribution in [2.45, 2.75) is 6.18 Å². The molecule has 3 nitrogen and oxygen atoms in total. The van der Waals surface area contributed by atoms with Crippen LogP contribution in [0.3, 0.4) is 0 Å². The van der Waals surface area contributed by atoms with Gasteiger partial charge in [0.25, 0.3) is 5.91 Å². The molecule has 92 valence electrons. The Balaban J connectivity index is 3.05. The summed E-state index contributed by atoms with van der Waals surface area (Å²) in [5.41, 5.74) is -1.21. The van der Waals surface area contributed by atoms with E-state index in [1.54, 1.807) is 0 Å². The number of benzene rings is 1. The normalized spacial score (nSPS) is 11.1. The summed E-state index contributed by atoms with van der Waals surface area (Å²) in [5, 5.41) is 10.3. The molecule has 0 unspecified atom stereocenters. The second kappa shape index (κ2) is 4.67. The second-order valence-electron chi connectivity index (χ2n) is 3.09. The Morgan fingerprint density at radius 3 is 2.47 bits per heavy atom. The molecule has 0 atom stereocenters. The van der Waals surface area contributed by atoms with Crippen LogP contribution in [0.5, 0.6) is 0 Å². The highest BCUT2D eigenvalue weighted by Gasteiger charge is 2.33. The number of rotatable bonds is 2. The number of anilines is 1. The molecule has 0 radical (unpaired) electrons. The van der Waals surface area contributed by atoms with Gasteiger partial charge in [-0.2, -0.15) is 13.2 Å². The zero-order chi connectivity index (χ0) is 13.2. The number of hydrogen-bond donors (Lipinski definition) is 2. The first kappa shape index (κ1) is 13.4. The molecular formula is C10H7ClF3NO2. The van der Waals surface area contributed by atoms with Crippen LogP contribution < -0.4 is 5.32 Å². The summed E-state index contributed by atoms with van der Waals surface area (Å²) in [4.78, 5) is 11.0. The molecule has 1 rings (SSSR count). The van der Waals surface area contributed by atoms with Crippen molar-refractivity contribution < 1.29 is 23.1 Å². The van der Waals surface area contributed by atoms with E-state index in [1.165, 1.54) is 6.07 Å². The van der Waals surface area contributed by atoms with E-state index in [0.29, 0.717) is 6.07 Å². The van der Waals surface area contributed by atoms with Gasteiger partial charge in [0.2, 0.25) is 0 Å². The average Bonchev–Trinajstić information content (AvgIpc) is 2.19. The number of hydrogen-bond acceptors (Lipinski definition) is 2. The molecule has 1 aromatic carbocycles. The number of amides is 1. The predicted octanol–water partition coefficient (Wildman–Crippen LogP) is 3.37. The van der Waals surface area contributed by atoms with Crippen molar-refractivity contribution in [1.29, 1.82) is 0 Å². The van der Waals surface area contributed by atoms with Gasteiger partial charge in [-0.3, -0.25) is 4.79 Å². The minimum absolute atomic E-state index is 0.137.